The van der Waals surface area contributed by atoms with Gasteiger partial charge in [-0.05, 0) is 49.2 Å². The zero-order valence-corrected chi connectivity index (χ0v) is 13.6. The second-order valence-electron chi connectivity index (χ2n) is 5.60. The van der Waals surface area contributed by atoms with Crippen molar-refractivity contribution in [2.45, 2.75) is 19.3 Å². The summed E-state index contributed by atoms with van der Waals surface area (Å²) in [5.41, 5.74) is 1.11. The van der Waals surface area contributed by atoms with Crippen molar-refractivity contribution < 1.29 is 14.0 Å². The van der Waals surface area contributed by atoms with Gasteiger partial charge in [-0.1, -0.05) is 17.7 Å². The lowest BCUT2D eigenvalue weighted by Crippen LogP contribution is -2.35. The predicted octanol–water partition coefficient (Wildman–Crippen LogP) is 4.25. The Labute approximate surface area is 144 Å². The van der Waals surface area contributed by atoms with Gasteiger partial charge in [0.15, 0.2) is 0 Å². The maximum atomic E-state index is 13.8. The van der Waals surface area contributed by atoms with E-state index in [1.54, 1.807) is 29.2 Å². The van der Waals surface area contributed by atoms with E-state index in [1.807, 2.05) is 0 Å². The van der Waals surface area contributed by atoms with E-state index in [0.29, 0.717) is 18.7 Å². The number of hydrogen-bond acceptors (Lipinski definition) is 2. The molecule has 1 aliphatic rings. The molecule has 0 atom stereocenters. The third-order valence-electron chi connectivity index (χ3n) is 3.95. The molecule has 0 aromatic heterocycles. The van der Waals surface area contributed by atoms with Crippen LogP contribution in [0.3, 0.4) is 0 Å². The molecule has 0 saturated carbocycles. The van der Waals surface area contributed by atoms with Crippen molar-refractivity contribution in [1.82, 2.24) is 0 Å². The van der Waals surface area contributed by atoms with Crippen molar-refractivity contribution in [2.24, 2.45) is 0 Å². The minimum atomic E-state index is -0.671. The van der Waals surface area contributed by atoms with Gasteiger partial charge in [-0.25, -0.2) is 4.39 Å². The van der Waals surface area contributed by atoms with Crippen LogP contribution in [0.4, 0.5) is 15.8 Å². The summed E-state index contributed by atoms with van der Waals surface area (Å²) in [5, 5.41) is 2.67. The van der Waals surface area contributed by atoms with Crippen LogP contribution >= 0.6 is 11.6 Å². The van der Waals surface area contributed by atoms with Crippen LogP contribution in [0.5, 0.6) is 0 Å². The number of nitrogens with zero attached hydrogens (tertiary/aromatic N) is 1. The minimum Gasteiger partial charge on any atom is -0.322 e. The number of carbonyl (C=O) groups excluding carboxylic acids is 2. The molecule has 2 aromatic rings. The van der Waals surface area contributed by atoms with Gasteiger partial charge in [0.25, 0.3) is 5.91 Å². The first-order chi connectivity index (χ1) is 11.6. The molecule has 0 spiro atoms. The minimum absolute atomic E-state index is 0.0584. The SMILES string of the molecule is O=C(Nc1ccc(N2CCCCC2=O)cc1)c1c(F)cccc1Cl. The van der Waals surface area contributed by atoms with Gasteiger partial charge in [-0.15, -0.1) is 0 Å². The molecular weight excluding hydrogens is 331 g/mol. The number of rotatable bonds is 3. The van der Waals surface area contributed by atoms with Crippen molar-refractivity contribution in [2.75, 3.05) is 16.8 Å². The fourth-order valence-electron chi connectivity index (χ4n) is 2.71. The van der Waals surface area contributed by atoms with E-state index in [4.69, 9.17) is 11.6 Å². The molecule has 1 fully saturated rings. The maximum Gasteiger partial charge on any atom is 0.260 e. The van der Waals surface area contributed by atoms with Crippen molar-refractivity contribution in [3.05, 3.63) is 58.9 Å². The van der Waals surface area contributed by atoms with Gasteiger partial charge in [0.2, 0.25) is 5.91 Å². The van der Waals surface area contributed by atoms with E-state index in [0.717, 1.165) is 18.5 Å². The summed E-state index contributed by atoms with van der Waals surface area (Å²) >= 11 is 5.89. The normalized spacial score (nSPS) is 14.6. The van der Waals surface area contributed by atoms with Crippen LogP contribution in [0.1, 0.15) is 29.6 Å². The number of amides is 2. The highest BCUT2D eigenvalue weighted by Crippen LogP contribution is 2.24. The van der Waals surface area contributed by atoms with Crippen molar-refractivity contribution in [3.8, 4) is 0 Å². The fraction of sp³-hybridized carbons (Fsp3) is 0.222. The molecule has 3 rings (SSSR count). The molecular formula is C18H16ClFN2O2. The number of halogens is 2. The summed E-state index contributed by atoms with van der Waals surface area (Å²) in [6.45, 7) is 0.704. The Morgan fingerprint density at radius 3 is 2.54 bits per heavy atom. The molecule has 1 aliphatic heterocycles. The average molecular weight is 347 g/mol. The molecule has 2 amide bonds. The van der Waals surface area contributed by atoms with Crippen LogP contribution in [-0.4, -0.2) is 18.4 Å². The molecule has 0 bridgehead atoms. The third-order valence-corrected chi connectivity index (χ3v) is 4.27. The third kappa shape index (κ3) is 3.41. The predicted molar refractivity (Wildman–Crippen MR) is 92.0 cm³/mol. The van der Waals surface area contributed by atoms with Gasteiger partial charge in [0.05, 0.1) is 10.6 Å². The first kappa shape index (κ1) is 16.5. The summed E-state index contributed by atoms with van der Waals surface area (Å²) in [4.78, 5) is 25.9. The molecule has 4 nitrogen and oxygen atoms in total. The lowest BCUT2D eigenvalue weighted by molar-refractivity contribution is -0.119. The lowest BCUT2D eigenvalue weighted by atomic mass is 10.1. The Morgan fingerprint density at radius 1 is 1.12 bits per heavy atom. The van der Waals surface area contributed by atoms with Gasteiger partial charge in [-0.3, -0.25) is 9.59 Å². The van der Waals surface area contributed by atoms with Gasteiger partial charge in [0, 0.05) is 24.3 Å². The number of hydrogen-bond donors (Lipinski definition) is 1. The molecule has 6 heteroatoms. The molecule has 1 saturated heterocycles. The molecule has 1 N–H and O–H groups in total. The Kier molecular flexibility index (Phi) is 4.81. The van der Waals surface area contributed by atoms with Gasteiger partial charge < -0.3 is 10.2 Å². The Bertz CT molecular complexity index is 757. The summed E-state index contributed by atoms with van der Waals surface area (Å²) in [5.74, 6) is -1.17. The summed E-state index contributed by atoms with van der Waals surface area (Å²) in [7, 11) is 0. The second-order valence-corrected chi connectivity index (χ2v) is 6.01. The average Bonchev–Trinajstić information content (AvgIpc) is 2.56. The summed E-state index contributed by atoms with van der Waals surface area (Å²) in [6, 6.07) is 11.0. The Hall–Kier alpha value is -2.40. The number of nitrogens with one attached hydrogen (secondary N) is 1. The van der Waals surface area contributed by atoms with Crippen molar-refractivity contribution in [1.29, 1.82) is 0 Å². The van der Waals surface area contributed by atoms with E-state index >= 15 is 0 Å². The molecule has 0 unspecified atom stereocenters. The first-order valence-electron chi connectivity index (χ1n) is 7.72. The zero-order chi connectivity index (χ0) is 17.1. The Morgan fingerprint density at radius 2 is 1.88 bits per heavy atom. The van der Waals surface area contributed by atoms with Crippen LogP contribution in [-0.2, 0) is 4.79 Å². The molecule has 24 heavy (non-hydrogen) atoms. The van der Waals surface area contributed by atoms with Crippen molar-refractivity contribution >= 4 is 34.8 Å². The fourth-order valence-corrected chi connectivity index (χ4v) is 2.96. The zero-order valence-electron chi connectivity index (χ0n) is 12.9. The maximum absolute atomic E-state index is 13.8. The molecule has 124 valence electrons. The van der Waals surface area contributed by atoms with Gasteiger partial charge in [0.1, 0.15) is 5.82 Å². The van der Waals surface area contributed by atoms with Crippen LogP contribution in [0.2, 0.25) is 5.02 Å². The van der Waals surface area contributed by atoms with Gasteiger partial charge >= 0.3 is 0 Å². The monoisotopic (exact) mass is 346 g/mol. The first-order valence-corrected chi connectivity index (χ1v) is 8.10. The van der Waals surface area contributed by atoms with Crippen LogP contribution in [0.15, 0.2) is 42.5 Å². The molecule has 0 aliphatic carbocycles. The highest BCUT2D eigenvalue weighted by molar-refractivity contribution is 6.34. The number of anilines is 2. The van der Waals surface area contributed by atoms with Crippen LogP contribution < -0.4 is 10.2 Å². The van der Waals surface area contributed by atoms with E-state index in [9.17, 15) is 14.0 Å². The van der Waals surface area contributed by atoms with Crippen molar-refractivity contribution in [3.63, 3.8) is 0 Å². The Balaban J connectivity index is 1.74. The van der Waals surface area contributed by atoms with E-state index < -0.39 is 11.7 Å². The topological polar surface area (TPSA) is 49.4 Å². The van der Waals surface area contributed by atoms with Crippen LogP contribution in [0, 0.1) is 5.82 Å². The molecule has 0 radical (unpaired) electrons. The standard InChI is InChI=1S/C18H16ClFN2O2/c19-14-4-3-5-15(20)17(14)18(24)21-12-7-9-13(10-8-12)22-11-2-1-6-16(22)23/h3-5,7-10H,1-2,6,11H2,(H,21,24). The second kappa shape index (κ2) is 7.01. The van der Waals surface area contributed by atoms with E-state index in [2.05, 4.69) is 5.32 Å². The lowest BCUT2D eigenvalue weighted by Gasteiger charge is -2.26. The smallest absolute Gasteiger partial charge is 0.260 e. The number of piperidine rings is 1. The highest BCUT2D eigenvalue weighted by atomic mass is 35.5. The highest BCUT2D eigenvalue weighted by Gasteiger charge is 2.20. The summed E-state index contributed by atoms with van der Waals surface area (Å²) in [6.07, 6.45) is 2.47. The number of carbonyl (C=O) groups is 2. The largest absolute Gasteiger partial charge is 0.322 e. The molecule has 1 heterocycles. The van der Waals surface area contributed by atoms with Crippen LogP contribution in [0.25, 0.3) is 0 Å². The summed E-state index contributed by atoms with van der Waals surface area (Å²) < 4.78 is 13.8. The quantitative estimate of drug-likeness (QED) is 0.903. The van der Waals surface area contributed by atoms with E-state index in [1.165, 1.54) is 18.2 Å². The van der Waals surface area contributed by atoms with E-state index in [-0.39, 0.29) is 16.5 Å². The molecule has 2 aromatic carbocycles. The number of benzene rings is 2. The van der Waals surface area contributed by atoms with Gasteiger partial charge in [-0.2, -0.15) is 0 Å².